The van der Waals surface area contributed by atoms with Crippen LogP contribution in [0.15, 0.2) is 42.5 Å². The monoisotopic (exact) mass is 412 g/mol. The molecule has 2 atom stereocenters. The number of halogens is 1. The molecule has 160 valence electrons. The number of hydrogen-bond acceptors (Lipinski definition) is 3. The lowest BCUT2D eigenvalue weighted by Crippen LogP contribution is -2.41. The second-order valence-corrected chi connectivity index (χ2v) is 7.96. The van der Waals surface area contributed by atoms with Crippen LogP contribution in [0.25, 0.3) is 0 Å². The minimum Gasteiger partial charge on any atom is -0.481 e. The van der Waals surface area contributed by atoms with Crippen LogP contribution in [-0.2, 0) is 16.0 Å². The molecule has 0 radical (unpaired) electrons. The first kappa shape index (κ1) is 21.8. The molecule has 0 bridgehead atoms. The standard InChI is InChI=1S/C24H29FN2O3/c1-5-22(24(29)26-15(2)3)30-20-11-8-17-12-13-27(16(4)28)23(21(17)14-20)18-6-9-19(25)10-7-18/h6-11,14-15,22-23H,5,12-13H2,1-4H3,(H,26,29). The first-order valence-electron chi connectivity index (χ1n) is 10.4. The summed E-state index contributed by atoms with van der Waals surface area (Å²) < 4.78 is 19.5. The SMILES string of the molecule is CCC(Oc1ccc2c(c1)C(c1ccc(F)cc1)N(C(C)=O)CC2)C(=O)NC(C)C. The first-order chi connectivity index (χ1) is 14.3. The van der Waals surface area contributed by atoms with Gasteiger partial charge in [-0.05, 0) is 67.6 Å². The number of nitrogens with one attached hydrogen (secondary N) is 1. The maximum absolute atomic E-state index is 13.5. The number of ether oxygens (including phenoxy) is 1. The van der Waals surface area contributed by atoms with E-state index in [-0.39, 0.29) is 29.7 Å². The van der Waals surface area contributed by atoms with Crippen LogP contribution in [-0.4, -0.2) is 35.4 Å². The van der Waals surface area contributed by atoms with Crippen molar-refractivity contribution >= 4 is 11.8 Å². The molecule has 6 heteroatoms. The predicted molar refractivity (Wildman–Crippen MR) is 114 cm³/mol. The van der Waals surface area contributed by atoms with Gasteiger partial charge in [0.15, 0.2) is 6.10 Å². The lowest BCUT2D eigenvalue weighted by Gasteiger charge is -2.37. The zero-order valence-electron chi connectivity index (χ0n) is 17.9. The number of carbonyl (C=O) groups excluding carboxylic acids is 2. The third-order valence-corrected chi connectivity index (χ3v) is 5.31. The Morgan fingerprint density at radius 1 is 1.20 bits per heavy atom. The van der Waals surface area contributed by atoms with E-state index in [0.29, 0.717) is 18.7 Å². The first-order valence-corrected chi connectivity index (χ1v) is 10.4. The maximum Gasteiger partial charge on any atom is 0.261 e. The van der Waals surface area contributed by atoms with Gasteiger partial charge < -0.3 is 15.0 Å². The van der Waals surface area contributed by atoms with Crippen molar-refractivity contribution in [3.05, 3.63) is 65.0 Å². The minimum atomic E-state index is -0.595. The Bertz CT molecular complexity index is 911. The average molecular weight is 413 g/mol. The molecule has 1 aliphatic heterocycles. The van der Waals surface area contributed by atoms with Gasteiger partial charge in [-0.15, -0.1) is 0 Å². The molecule has 0 spiro atoms. The van der Waals surface area contributed by atoms with Crippen LogP contribution in [0.4, 0.5) is 4.39 Å². The van der Waals surface area contributed by atoms with E-state index >= 15 is 0 Å². The molecule has 0 fully saturated rings. The van der Waals surface area contributed by atoms with Crippen LogP contribution in [0.1, 0.15) is 56.8 Å². The summed E-state index contributed by atoms with van der Waals surface area (Å²) in [6.45, 7) is 7.87. The number of fused-ring (bicyclic) bond motifs is 1. The third kappa shape index (κ3) is 4.81. The largest absolute Gasteiger partial charge is 0.481 e. The van der Waals surface area contributed by atoms with Crippen molar-refractivity contribution < 1.29 is 18.7 Å². The molecule has 2 aromatic carbocycles. The normalized spacial score (nSPS) is 16.7. The molecule has 0 saturated carbocycles. The summed E-state index contributed by atoms with van der Waals surface area (Å²) in [6, 6.07) is 11.7. The molecular formula is C24H29FN2O3. The Morgan fingerprint density at radius 2 is 1.90 bits per heavy atom. The van der Waals surface area contributed by atoms with Crippen molar-refractivity contribution in [1.29, 1.82) is 0 Å². The number of benzene rings is 2. The van der Waals surface area contributed by atoms with E-state index in [2.05, 4.69) is 5.32 Å². The molecule has 1 heterocycles. The van der Waals surface area contributed by atoms with Gasteiger partial charge in [0, 0.05) is 19.5 Å². The van der Waals surface area contributed by atoms with Crippen LogP contribution < -0.4 is 10.1 Å². The topological polar surface area (TPSA) is 58.6 Å². The quantitative estimate of drug-likeness (QED) is 0.780. The molecule has 2 unspecified atom stereocenters. The van der Waals surface area contributed by atoms with Gasteiger partial charge in [-0.2, -0.15) is 0 Å². The lowest BCUT2D eigenvalue weighted by molar-refractivity contribution is -0.131. The Kier molecular flexibility index (Phi) is 6.75. The molecule has 30 heavy (non-hydrogen) atoms. The Balaban J connectivity index is 1.96. The zero-order valence-corrected chi connectivity index (χ0v) is 17.9. The van der Waals surface area contributed by atoms with E-state index in [4.69, 9.17) is 4.74 Å². The summed E-state index contributed by atoms with van der Waals surface area (Å²) in [5.41, 5.74) is 2.91. The Morgan fingerprint density at radius 3 is 2.50 bits per heavy atom. The van der Waals surface area contributed by atoms with Gasteiger partial charge >= 0.3 is 0 Å². The van der Waals surface area contributed by atoms with Crippen molar-refractivity contribution in [1.82, 2.24) is 10.2 Å². The highest BCUT2D eigenvalue weighted by atomic mass is 19.1. The van der Waals surface area contributed by atoms with Gasteiger partial charge in [-0.1, -0.05) is 25.1 Å². The summed E-state index contributed by atoms with van der Waals surface area (Å²) >= 11 is 0. The smallest absolute Gasteiger partial charge is 0.261 e. The zero-order chi connectivity index (χ0) is 21.8. The van der Waals surface area contributed by atoms with Gasteiger partial charge in [-0.25, -0.2) is 4.39 Å². The summed E-state index contributed by atoms with van der Waals surface area (Å²) in [5, 5.41) is 2.89. The molecular weight excluding hydrogens is 383 g/mol. The summed E-state index contributed by atoms with van der Waals surface area (Å²) in [5.74, 6) is 0.0786. The van der Waals surface area contributed by atoms with Gasteiger partial charge in [-0.3, -0.25) is 9.59 Å². The van der Waals surface area contributed by atoms with Crippen LogP contribution >= 0.6 is 0 Å². The Hall–Kier alpha value is -2.89. The number of carbonyl (C=O) groups is 2. The second kappa shape index (κ2) is 9.28. The molecule has 0 aromatic heterocycles. The average Bonchev–Trinajstić information content (AvgIpc) is 2.71. The predicted octanol–water partition coefficient (Wildman–Crippen LogP) is 4.00. The van der Waals surface area contributed by atoms with E-state index in [9.17, 15) is 14.0 Å². The second-order valence-electron chi connectivity index (χ2n) is 7.96. The van der Waals surface area contributed by atoms with Gasteiger partial charge in [0.05, 0.1) is 6.04 Å². The highest BCUT2D eigenvalue weighted by molar-refractivity contribution is 5.81. The van der Waals surface area contributed by atoms with E-state index in [1.807, 2.05) is 39.0 Å². The van der Waals surface area contributed by atoms with Crippen LogP contribution in [0.5, 0.6) is 5.75 Å². The van der Waals surface area contributed by atoms with Crippen molar-refractivity contribution in [2.45, 2.75) is 58.7 Å². The summed E-state index contributed by atoms with van der Waals surface area (Å²) in [7, 11) is 0. The number of hydrogen-bond donors (Lipinski definition) is 1. The number of rotatable bonds is 6. The van der Waals surface area contributed by atoms with Crippen molar-refractivity contribution in [2.75, 3.05) is 6.54 Å². The Labute approximate surface area is 177 Å². The van der Waals surface area contributed by atoms with Crippen molar-refractivity contribution in [2.24, 2.45) is 0 Å². The number of nitrogens with zero attached hydrogens (tertiary/aromatic N) is 1. The fourth-order valence-electron chi connectivity index (χ4n) is 3.87. The van der Waals surface area contributed by atoms with Crippen LogP contribution in [0.3, 0.4) is 0 Å². The highest BCUT2D eigenvalue weighted by Crippen LogP contribution is 2.37. The van der Waals surface area contributed by atoms with Crippen molar-refractivity contribution in [3.8, 4) is 5.75 Å². The molecule has 0 saturated heterocycles. The molecule has 2 aromatic rings. The van der Waals surface area contributed by atoms with Gasteiger partial charge in [0.2, 0.25) is 5.91 Å². The molecule has 5 nitrogen and oxygen atoms in total. The minimum absolute atomic E-state index is 0.0330. The van der Waals surface area contributed by atoms with Crippen molar-refractivity contribution in [3.63, 3.8) is 0 Å². The molecule has 1 aliphatic rings. The number of amides is 2. The van der Waals surface area contributed by atoms with E-state index < -0.39 is 6.10 Å². The lowest BCUT2D eigenvalue weighted by atomic mass is 9.88. The van der Waals surface area contributed by atoms with Crippen LogP contribution in [0.2, 0.25) is 0 Å². The van der Waals surface area contributed by atoms with E-state index in [1.165, 1.54) is 12.1 Å². The highest BCUT2D eigenvalue weighted by Gasteiger charge is 2.31. The summed E-state index contributed by atoms with van der Waals surface area (Å²) in [6.07, 6.45) is 0.677. The molecule has 3 rings (SSSR count). The fraction of sp³-hybridized carbons (Fsp3) is 0.417. The van der Waals surface area contributed by atoms with Gasteiger partial charge in [0.1, 0.15) is 11.6 Å². The summed E-state index contributed by atoms with van der Waals surface area (Å²) in [4.78, 5) is 26.5. The molecule has 0 aliphatic carbocycles. The van der Waals surface area contributed by atoms with Gasteiger partial charge in [0.25, 0.3) is 5.91 Å². The van der Waals surface area contributed by atoms with E-state index in [1.54, 1.807) is 24.0 Å². The molecule has 1 N–H and O–H groups in total. The van der Waals surface area contributed by atoms with E-state index in [0.717, 1.165) is 23.1 Å². The fourth-order valence-corrected chi connectivity index (χ4v) is 3.87. The third-order valence-electron chi connectivity index (χ3n) is 5.31. The molecule has 2 amide bonds. The van der Waals surface area contributed by atoms with Crippen LogP contribution in [0, 0.1) is 5.82 Å². The maximum atomic E-state index is 13.5.